The molecule has 286 valence electrons. The molecule has 0 aliphatic carbocycles. The van der Waals surface area contributed by atoms with Gasteiger partial charge in [-0.1, -0.05) is 202 Å². The molecule has 59 heavy (non-hydrogen) atoms. The number of anilines is 2. The van der Waals surface area contributed by atoms with Gasteiger partial charge in [-0.15, -0.1) is 0 Å². The van der Waals surface area contributed by atoms with Gasteiger partial charge in [0.1, 0.15) is 0 Å². The molecule has 1 atom stereocenters. The van der Waals surface area contributed by atoms with Crippen LogP contribution in [0, 0.1) is 6.92 Å². The Labute approximate surface area is 348 Å². The van der Waals surface area contributed by atoms with Gasteiger partial charge < -0.3 is 4.90 Å². The van der Waals surface area contributed by atoms with Crippen LogP contribution in [-0.2, 0) is 0 Å². The standard InChI is InChI=1S/C55H41N.C3H8/c1-37-16-6-13-29-53(37)56(44-21-4-3-5-22-44)38(2)39-30-32-40(33-31-39)43-34-35-51-52(36-43)55(48-28-15-20-42-18-8-10-24-46(42)48)50-26-12-11-25-49(50)54(51)47-27-14-19-41-17-7-9-23-45(41)47;1-3-2/h3-36,38H,1-2H3;3H2,1-2H3. The highest BCUT2D eigenvalue weighted by Crippen LogP contribution is 2.47. The second-order valence-corrected chi connectivity index (χ2v) is 15.6. The second kappa shape index (κ2) is 16.5. The highest BCUT2D eigenvalue weighted by molar-refractivity contribution is 6.25. The van der Waals surface area contributed by atoms with Crippen LogP contribution in [0.15, 0.2) is 206 Å². The Morgan fingerprint density at radius 1 is 0.407 bits per heavy atom. The van der Waals surface area contributed by atoms with E-state index in [2.05, 4.69) is 239 Å². The first kappa shape index (κ1) is 37.6. The zero-order valence-corrected chi connectivity index (χ0v) is 34.4. The summed E-state index contributed by atoms with van der Waals surface area (Å²) in [5, 5.41) is 10.1. The molecule has 0 N–H and O–H groups in total. The number of aryl methyl sites for hydroxylation is 1. The van der Waals surface area contributed by atoms with Gasteiger partial charge in [0.25, 0.3) is 0 Å². The third-order valence-corrected chi connectivity index (χ3v) is 11.7. The molecule has 10 aromatic rings. The molecular formula is C58H49N. The minimum Gasteiger partial charge on any atom is -0.334 e. The maximum atomic E-state index is 2.46. The molecule has 0 spiro atoms. The van der Waals surface area contributed by atoms with Gasteiger partial charge in [0, 0.05) is 11.4 Å². The number of hydrogen-bond acceptors (Lipinski definition) is 1. The Hall–Kier alpha value is -6.96. The number of nitrogens with zero attached hydrogens (tertiary/aromatic N) is 1. The molecule has 0 saturated carbocycles. The number of hydrogen-bond donors (Lipinski definition) is 0. The molecule has 10 rings (SSSR count). The van der Waals surface area contributed by atoms with E-state index in [0.717, 1.165) is 0 Å². The van der Waals surface area contributed by atoms with E-state index < -0.39 is 0 Å². The Morgan fingerprint density at radius 2 is 0.864 bits per heavy atom. The maximum Gasteiger partial charge on any atom is 0.0563 e. The lowest BCUT2D eigenvalue weighted by Crippen LogP contribution is -2.22. The summed E-state index contributed by atoms with van der Waals surface area (Å²) in [5.74, 6) is 0. The molecule has 1 nitrogen and oxygen atoms in total. The molecule has 0 bridgehead atoms. The minimum absolute atomic E-state index is 0.122. The van der Waals surface area contributed by atoms with Gasteiger partial charge in [-0.25, -0.2) is 0 Å². The van der Waals surface area contributed by atoms with Crippen LogP contribution in [-0.4, -0.2) is 0 Å². The average molecular weight is 760 g/mol. The first-order valence-electron chi connectivity index (χ1n) is 21.0. The van der Waals surface area contributed by atoms with Crippen LogP contribution < -0.4 is 4.90 Å². The first-order chi connectivity index (χ1) is 29.1. The van der Waals surface area contributed by atoms with E-state index >= 15 is 0 Å². The topological polar surface area (TPSA) is 3.24 Å². The van der Waals surface area contributed by atoms with Crippen molar-refractivity contribution in [2.24, 2.45) is 0 Å². The average Bonchev–Trinajstić information content (AvgIpc) is 3.29. The van der Waals surface area contributed by atoms with Crippen LogP contribution >= 0.6 is 0 Å². The van der Waals surface area contributed by atoms with Gasteiger partial charge in [-0.2, -0.15) is 0 Å². The van der Waals surface area contributed by atoms with E-state index in [4.69, 9.17) is 0 Å². The molecule has 0 saturated heterocycles. The fourth-order valence-corrected chi connectivity index (χ4v) is 8.92. The molecule has 1 unspecified atom stereocenters. The molecule has 0 fully saturated rings. The Bertz CT molecular complexity index is 3060. The lowest BCUT2D eigenvalue weighted by atomic mass is 9.83. The monoisotopic (exact) mass is 759 g/mol. The molecule has 1 heteroatoms. The highest BCUT2D eigenvalue weighted by Gasteiger charge is 2.22. The lowest BCUT2D eigenvalue weighted by Gasteiger charge is -2.33. The van der Waals surface area contributed by atoms with Crippen LogP contribution in [0.5, 0.6) is 0 Å². The van der Waals surface area contributed by atoms with Crippen molar-refractivity contribution in [1.82, 2.24) is 0 Å². The van der Waals surface area contributed by atoms with E-state index in [1.165, 1.54) is 105 Å². The van der Waals surface area contributed by atoms with E-state index in [9.17, 15) is 0 Å². The van der Waals surface area contributed by atoms with Crippen molar-refractivity contribution in [3.63, 3.8) is 0 Å². The van der Waals surface area contributed by atoms with Crippen LogP contribution in [0.3, 0.4) is 0 Å². The molecule has 0 radical (unpaired) electrons. The summed E-state index contributed by atoms with van der Waals surface area (Å²) in [5.41, 5.74) is 12.4. The fraction of sp³-hybridized carbons (Fsp3) is 0.103. The van der Waals surface area contributed by atoms with Crippen LogP contribution in [0.2, 0.25) is 0 Å². The summed E-state index contributed by atoms with van der Waals surface area (Å²) in [7, 11) is 0. The third kappa shape index (κ3) is 7.04. The molecular weight excluding hydrogens is 711 g/mol. The summed E-state index contributed by atoms with van der Waals surface area (Å²) in [4.78, 5) is 2.46. The quantitative estimate of drug-likeness (QED) is 0.146. The van der Waals surface area contributed by atoms with E-state index in [0.29, 0.717) is 0 Å². The first-order valence-corrected chi connectivity index (χ1v) is 21.0. The molecule has 10 aromatic carbocycles. The Morgan fingerprint density at radius 3 is 1.46 bits per heavy atom. The lowest BCUT2D eigenvalue weighted by molar-refractivity contribution is 0.771. The molecule has 0 heterocycles. The second-order valence-electron chi connectivity index (χ2n) is 15.6. The Balaban J connectivity index is 0.00000145. The fourth-order valence-electron chi connectivity index (χ4n) is 8.92. The van der Waals surface area contributed by atoms with Crippen molar-refractivity contribution in [3.8, 4) is 33.4 Å². The SMILES string of the molecule is CCC.Cc1ccccc1N(c1ccccc1)C(C)c1ccc(-c2ccc3c(-c4cccc5ccccc45)c4ccccc4c(-c4cccc5ccccc45)c3c2)cc1. The molecule has 0 aromatic heterocycles. The number of rotatable bonds is 7. The van der Waals surface area contributed by atoms with Crippen molar-refractivity contribution in [2.45, 2.75) is 40.2 Å². The van der Waals surface area contributed by atoms with Crippen LogP contribution in [0.4, 0.5) is 11.4 Å². The minimum atomic E-state index is 0.122. The predicted molar refractivity (Wildman–Crippen MR) is 257 cm³/mol. The summed E-state index contributed by atoms with van der Waals surface area (Å²) >= 11 is 0. The van der Waals surface area contributed by atoms with Crippen molar-refractivity contribution < 1.29 is 0 Å². The Kier molecular flexibility index (Phi) is 10.5. The number of para-hydroxylation sites is 2. The van der Waals surface area contributed by atoms with Gasteiger partial charge in [-0.05, 0) is 126 Å². The van der Waals surface area contributed by atoms with Crippen molar-refractivity contribution >= 4 is 54.5 Å². The van der Waals surface area contributed by atoms with E-state index in [1.54, 1.807) is 0 Å². The van der Waals surface area contributed by atoms with Gasteiger partial charge in [0.15, 0.2) is 0 Å². The maximum absolute atomic E-state index is 2.46. The summed E-state index contributed by atoms with van der Waals surface area (Å²) in [6.45, 7) is 8.75. The van der Waals surface area contributed by atoms with Gasteiger partial charge in [0.2, 0.25) is 0 Å². The molecule has 0 aliphatic heterocycles. The summed E-state index contributed by atoms with van der Waals surface area (Å²) < 4.78 is 0. The zero-order chi connectivity index (χ0) is 40.3. The van der Waals surface area contributed by atoms with Crippen LogP contribution in [0.25, 0.3) is 76.5 Å². The summed E-state index contributed by atoms with van der Waals surface area (Å²) in [6.07, 6.45) is 1.25. The van der Waals surface area contributed by atoms with Crippen LogP contribution in [0.1, 0.15) is 44.4 Å². The third-order valence-electron chi connectivity index (χ3n) is 11.7. The molecule has 0 aliphatic rings. The van der Waals surface area contributed by atoms with E-state index in [1.807, 2.05) is 0 Å². The van der Waals surface area contributed by atoms with E-state index in [-0.39, 0.29) is 6.04 Å². The zero-order valence-electron chi connectivity index (χ0n) is 34.4. The largest absolute Gasteiger partial charge is 0.334 e. The predicted octanol–water partition coefficient (Wildman–Crippen LogP) is 16.9. The summed E-state index contributed by atoms with van der Waals surface area (Å²) in [6, 6.07) is 75.9. The van der Waals surface area contributed by atoms with Gasteiger partial charge >= 0.3 is 0 Å². The normalized spacial score (nSPS) is 11.7. The van der Waals surface area contributed by atoms with Crippen molar-refractivity contribution in [3.05, 3.63) is 217 Å². The van der Waals surface area contributed by atoms with Crippen molar-refractivity contribution in [1.29, 1.82) is 0 Å². The number of benzene rings is 10. The van der Waals surface area contributed by atoms with Gasteiger partial charge in [0.05, 0.1) is 6.04 Å². The van der Waals surface area contributed by atoms with Crippen molar-refractivity contribution in [2.75, 3.05) is 4.90 Å². The van der Waals surface area contributed by atoms with Gasteiger partial charge in [-0.3, -0.25) is 0 Å². The molecule has 0 amide bonds. The number of fused-ring (bicyclic) bond motifs is 4. The smallest absolute Gasteiger partial charge is 0.0563 e. The highest BCUT2D eigenvalue weighted by atomic mass is 15.2.